The molecule has 2 fully saturated rings. The van der Waals surface area contributed by atoms with E-state index in [1.807, 2.05) is 0 Å². The van der Waals surface area contributed by atoms with E-state index >= 15 is 0 Å². The maximum atomic E-state index is 5.38. The zero-order valence-corrected chi connectivity index (χ0v) is 11.4. The molecule has 0 amide bonds. The lowest BCUT2D eigenvalue weighted by atomic mass is 10.1. The molecule has 1 aliphatic carbocycles. The van der Waals surface area contributed by atoms with Crippen molar-refractivity contribution < 1.29 is 0 Å². The SMILES string of the molecule is C#Cc1ccc([C@H]2SC[C@H](C3CC3)CS2)cc1. The third-order valence-electron chi connectivity index (χ3n) is 3.56. The highest BCUT2D eigenvalue weighted by Crippen LogP contribution is 2.51. The van der Waals surface area contributed by atoms with Crippen LogP contribution in [0.25, 0.3) is 0 Å². The van der Waals surface area contributed by atoms with E-state index in [2.05, 4.69) is 53.7 Å². The minimum Gasteiger partial charge on any atom is -0.142 e. The van der Waals surface area contributed by atoms with Gasteiger partial charge >= 0.3 is 0 Å². The van der Waals surface area contributed by atoms with Gasteiger partial charge < -0.3 is 0 Å². The molecule has 17 heavy (non-hydrogen) atoms. The molecule has 1 saturated heterocycles. The number of rotatable bonds is 2. The molecular formula is C15H16S2. The van der Waals surface area contributed by atoms with E-state index in [1.54, 1.807) is 0 Å². The smallest absolute Gasteiger partial charge is 0.0751 e. The normalized spacial score (nSPS) is 28.6. The Hall–Kier alpha value is -0.520. The summed E-state index contributed by atoms with van der Waals surface area (Å²) < 4.78 is 0.622. The van der Waals surface area contributed by atoms with Crippen LogP contribution in [0.2, 0.25) is 0 Å². The number of hydrogen-bond donors (Lipinski definition) is 0. The standard InChI is InChI=1S/C15H16S2/c1-2-11-3-5-13(6-4-11)15-16-9-14(10-17-15)12-7-8-12/h1,3-6,12,14-15H,7-10H2/t14-,15-. The summed E-state index contributed by atoms with van der Waals surface area (Å²) in [4.78, 5) is 0. The van der Waals surface area contributed by atoms with Crippen molar-refractivity contribution in [2.75, 3.05) is 11.5 Å². The molecule has 1 heterocycles. The second-order valence-electron chi connectivity index (χ2n) is 4.86. The highest BCUT2D eigenvalue weighted by Gasteiger charge is 2.34. The Balaban J connectivity index is 1.63. The average molecular weight is 260 g/mol. The Kier molecular flexibility index (Phi) is 3.40. The van der Waals surface area contributed by atoms with Gasteiger partial charge in [-0.25, -0.2) is 0 Å². The predicted molar refractivity (Wildman–Crippen MR) is 78.2 cm³/mol. The largest absolute Gasteiger partial charge is 0.142 e. The molecule has 0 nitrogen and oxygen atoms in total. The second kappa shape index (κ2) is 5.00. The monoisotopic (exact) mass is 260 g/mol. The first-order chi connectivity index (χ1) is 8.36. The Morgan fingerprint density at radius 2 is 1.65 bits per heavy atom. The number of benzene rings is 1. The van der Waals surface area contributed by atoms with Gasteiger partial charge in [-0.15, -0.1) is 29.9 Å². The van der Waals surface area contributed by atoms with Crippen LogP contribution >= 0.6 is 23.5 Å². The summed E-state index contributed by atoms with van der Waals surface area (Å²) in [7, 11) is 0. The third kappa shape index (κ3) is 2.67. The lowest BCUT2D eigenvalue weighted by Crippen LogP contribution is -2.16. The Morgan fingerprint density at radius 3 is 2.18 bits per heavy atom. The Morgan fingerprint density at radius 1 is 1.00 bits per heavy atom. The average Bonchev–Trinajstić information content (AvgIpc) is 3.24. The predicted octanol–water partition coefficient (Wildman–Crippen LogP) is 4.17. The van der Waals surface area contributed by atoms with Gasteiger partial charge in [-0.2, -0.15) is 0 Å². The summed E-state index contributed by atoms with van der Waals surface area (Å²) in [5, 5.41) is 0. The zero-order chi connectivity index (χ0) is 11.7. The van der Waals surface area contributed by atoms with Crippen molar-refractivity contribution in [3.8, 4) is 12.3 Å². The van der Waals surface area contributed by atoms with Crippen LogP contribution < -0.4 is 0 Å². The van der Waals surface area contributed by atoms with Gasteiger partial charge in [-0.3, -0.25) is 0 Å². The van der Waals surface area contributed by atoms with E-state index in [-0.39, 0.29) is 0 Å². The fourth-order valence-corrected chi connectivity index (χ4v) is 5.62. The van der Waals surface area contributed by atoms with Crippen molar-refractivity contribution >= 4 is 23.5 Å². The van der Waals surface area contributed by atoms with Crippen LogP contribution in [0.15, 0.2) is 24.3 Å². The molecule has 0 unspecified atom stereocenters. The van der Waals surface area contributed by atoms with Crippen LogP contribution in [-0.4, -0.2) is 11.5 Å². The number of thioether (sulfide) groups is 2. The molecule has 0 aromatic heterocycles. The van der Waals surface area contributed by atoms with Crippen molar-refractivity contribution in [2.45, 2.75) is 17.4 Å². The first-order valence-electron chi connectivity index (χ1n) is 6.16. The van der Waals surface area contributed by atoms with E-state index in [0.29, 0.717) is 4.58 Å². The van der Waals surface area contributed by atoms with Gasteiger partial charge in [-0.05, 0) is 53.9 Å². The molecule has 3 rings (SSSR count). The minimum absolute atomic E-state index is 0.622. The fraction of sp³-hybridized carbons (Fsp3) is 0.467. The first-order valence-corrected chi connectivity index (χ1v) is 8.26. The lowest BCUT2D eigenvalue weighted by molar-refractivity contribution is 0.580. The van der Waals surface area contributed by atoms with Crippen molar-refractivity contribution in [1.82, 2.24) is 0 Å². The maximum absolute atomic E-state index is 5.38. The van der Waals surface area contributed by atoms with Crippen LogP contribution in [0, 0.1) is 24.2 Å². The summed E-state index contributed by atoms with van der Waals surface area (Å²) in [5.74, 6) is 7.40. The fourth-order valence-electron chi connectivity index (χ4n) is 2.29. The van der Waals surface area contributed by atoms with Crippen LogP contribution in [-0.2, 0) is 0 Å². The highest BCUT2D eigenvalue weighted by atomic mass is 32.2. The van der Waals surface area contributed by atoms with Crippen LogP contribution in [0.1, 0.15) is 28.6 Å². The molecule has 0 bridgehead atoms. The molecule has 1 saturated carbocycles. The molecule has 0 radical (unpaired) electrons. The molecule has 1 aromatic rings. The Labute approximate surface area is 112 Å². The van der Waals surface area contributed by atoms with E-state index in [1.165, 1.54) is 29.9 Å². The minimum atomic E-state index is 0.622. The van der Waals surface area contributed by atoms with Gasteiger partial charge in [0.2, 0.25) is 0 Å². The summed E-state index contributed by atoms with van der Waals surface area (Å²) in [6, 6.07) is 8.50. The van der Waals surface area contributed by atoms with Crippen LogP contribution in [0.4, 0.5) is 0 Å². The summed E-state index contributed by atoms with van der Waals surface area (Å²) in [6.07, 6.45) is 8.34. The van der Waals surface area contributed by atoms with E-state index in [4.69, 9.17) is 6.42 Å². The topological polar surface area (TPSA) is 0 Å². The van der Waals surface area contributed by atoms with Gasteiger partial charge in [0.15, 0.2) is 0 Å². The summed E-state index contributed by atoms with van der Waals surface area (Å²) in [6.45, 7) is 0. The summed E-state index contributed by atoms with van der Waals surface area (Å²) in [5.41, 5.74) is 2.41. The first kappa shape index (κ1) is 11.6. The van der Waals surface area contributed by atoms with Gasteiger partial charge in [0, 0.05) is 5.56 Å². The van der Waals surface area contributed by atoms with Gasteiger partial charge in [0.1, 0.15) is 0 Å². The molecule has 1 aromatic carbocycles. The van der Waals surface area contributed by atoms with Gasteiger partial charge in [0.25, 0.3) is 0 Å². The van der Waals surface area contributed by atoms with E-state index in [0.717, 1.165) is 17.4 Å². The van der Waals surface area contributed by atoms with Gasteiger partial charge in [0.05, 0.1) is 4.58 Å². The quantitative estimate of drug-likeness (QED) is 0.732. The zero-order valence-electron chi connectivity index (χ0n) is 9.76. The molecule has 88 valence electrons. The van der Waals surface area contributed by atoms with Crippen LogP contribution in [0.5, 0.6) is 0 Å². The molecule has 2 heteroatoms. The van der Waals surface area contributed by atoms with Crippen molar-refractivity contribution in [3.05, 3.63) is 35.4 Å². The van der Waals surface area contributed by atoms with Gasteiger partial charge in [-0.1, -0.05) is 18.1 Å². The van der Waals surface area contributed by atoms with Crippen molar-refractivity contribution in [1.29, 1.82) is 0 Å². The van der Waals surface area contributed by atoms with Crippen molar-refractivity contribution in [3.63, 3.8) is 0 Å². The molecule has 0 atom stereocenters. The molecule has 0 spiro atoms. The Bertz CT molecular complexity index is 417. The number of terminal acetylenes is 1. The lowest BCUT2D eigenvalue weighted by Gasteiger charge is -2.28. The maximum Gasteiger partial charge on any atom is 0.0751 e. The molecular weight excluding hydrogens is 244 g/mol. The third-order valence-corrected chi connectivity index (χ3v) is 6.77. The summed E-state index contributed by atoms with van der Waals surface area (Å²) >= 11 is 4.23. The molecule has 2 aliphatic rings. The van der Waals surface area contributed by atoms with Crippen LogP contribution in [0.3, 0.4) is 0 Å². The molecule has 0 N–H and O–H groups in total. The van der Waals surface area contributed by atoms with E-state index in [9.17, 15) is 0 Å². The second-order valence-corrected chi connectivity index (χ2v) is 7.44. The number of hydrogen-bond acceptors (Lipinski definition) is 2. The molecule has 1 aliphatic heterocycles. The highest BCUT2D eigenvalue weighted by molar-refractivity contribution is 8.16. The van der Waals surface area contributed by atoms with Crippen molar-refractivity contribution in [2.24, 2.45) is 11.8 Å². The van der Waals surface area contributed by atoms with E-state index < -0.39 is 0 Å².